The van der Waals surface area contributed by atoms with Crippen LogP contribution in [0.4, 0.5) is 0 Å². The Morgan fingerprint density at radius 2 is 1.91 bits per heavy atom. The quantitative estimate of drug-likeness (QED) is 0.742. The van der Waals surface area contributed by atoms with Crippen molar-refractivity contribution in [1.82, 2.24) is 9.88 Å². The molecule has 0 saturated heterocycles. The predicted molar refractivity (Wildman–Crippen MR) is 80.8 cm³/mol. The third kappa shape index (κ3) is 2.91. The van der Waals surface area contributed by atoms with Crippen LogP contribution in [0.25, 0.3) is 10.9 Å². The number of aromatic hydroxyl groups is 1. The minimum Gasteiger partial charge on any atom is -0.506 e. The van der Waals surface area contributed by atoms with Gasteiger partial charge in [-0.15, -0.1) is 0 Å². The SMILES string of the molecule is CC(=O)CNC(=O)c1c(O)c2ccc(C(=O)O)cc2n(C)c1=O. The average molecular weight is 318 g/mol. The molecule has 3 N–H and O–H groups in total. The molecule has 1 amide bonds. The van der Waals surface area contributed by atoms with Crippen LogP contribution in [-0.2, 0) is 11.8 Å². The number of carboxylic acid groups (broad SMARTS) is 1. The van der Waals surface area contributed by atoms with E-state index in [1.807, 2.05) is 0 Å². The fraction of sp³-hybridized carbons (Fsp3) is 0.200. The van der Waals surface area contributed by atoms with Crippen molar-refractivity contribution in [2.45, 2.75) is 6.92 Å². The number of hydrogen-bond acceptors (Lipinski definition) is 5. The van der Waals surface area contributed by atoms with Crippen LogP contribution in [-0.4, -0.2) is 39.0 Å². The molecule has 0 radical (unpaired) electrons. The van der Waals surface area contributed by atoms with Crippen LogP contribution < -0.4 is 10.9 Å². The highest BCUT2D eigenvalue weighted by Crippen LogP contribution is 2.26. The van der Waals surface area contributed by atoms with Gasteiger partial charge < -0.3 is 20.1 Å². The first-order chi connectivity index (χ1) is 10.7. The normalized spacial score (nSPS) is 10.5. The summed E-state index contributed by atoms with van der Waals surface area (Å²) >= 11 is 0. The fourth-order valence-electron chi connectivity index (χ4n) is 2.15. The summed E-state index contributed by atoms with van der Waals surface area (Å²) < 4.78 is 1.07. The van der Waals surface area contributed by atoms with Gasteiger partial charge in [0.1, 0.15) is 17.1 Å². The number of carbonyl (C=O) groups excluding carboxylic acids is 2. The number of rotatable bonds is 4. The van der Waals surface area contributed by atoms with Crippen LogP contribution in [0.5, 0.6) is 5.75 Å². The minimum absolute atomic E-state index is 0.0549. The van der Waals surface area contributed by atoms with Crippen molar-refractivity contribution < 1.29 is 24.6 Å². The number of nitrogens with one attached hydrogen (secondary N) is 1. The number of benzene rings is 1. The Kier molecular flexibility index (Phi) is 4.17. The molecule has 23 heavy (non-hydrogen) atoms. The van der Waals surface area contributed by atoms with Gasteiger partial charge in [0.15, 0.2) is 0 Å². The van der Waals surface area contributed by atoms with Gasteiger partial charge in [-0.2, -0.15) is 0 Å². The average Bonchev–Trinajstić information content (AvgIpc) is 2.50. The van der Waals surface area contributed by atoms with Crippen molar-refractivity contribution in [3.8, 4) is 5.75 Å². The number of aromatic carboxylic acids is 1. The molecule has 8 heteroatoms. The maximum absolute atomic E-state index is 12.3. The smallest absolute Gasteiger partial charge is 0.335 e. The second kappa shape index (κ2) is 5.91. The Morgan fingerprint density at radius 3 is 2.48 bits per heavy atom. The van der Waals surface area contributed by atoms with E-state index in [-0.39, 0.29) is 28.8 Å². The number of carbonyl (C=O) groups is 3. The first kappa shape index (κ1) is 16.2. The number of carboxylic acids is 1. The zero-order chi connectivity index (χ0) is 17.3. The van der Waals surface area contributed by atoms with Gasteiger partial charge in [0.25, 0.3) is 11.5 Å². The second-order valence-electron chi connectivity index (χ2n) is 5.01. The van der Waals surface area contributed by atoms with Gasteiger partial charge in [-0.25, -0.2) is 4.79 Å². The van der Waals surface area contributed by atoms with E-state index in [0.29, 0.717) is 0 Å². The minimum atomic E-state index is -1.18. The van der Waals surface area contributed by atoms with Crippen LogP contribution >= 0.6 is 0 Å². The van der Waals surface area contributed by atoms with Gasteiger partial charge in [0.05, 0.1) is 17.6 Å². The van der Waals surface area contributed by atoms with Crippen LogP contribution in [0, 0.1) is 0 Å². The molecule has 0 fully saturated rings. The van der Waals surface area contributed by atoms with Crippen LogP contribution in [0.15, 0.2) is 23.0 Å². The van der Waals surface area contributed by atoms with Crippen molar-refractivity contribution in [3.63, 3.8) is 0 Å². The number of fused-ring (bicyclic) bond motifs is 1. The summed E-state index contributed by atoms with van der Waals surface area (Å²) in [6, 6.07) is 3.80. The lowest BCUT2D eigenvalue weighted by atomic mass is 10.1. The van der Waals surface area contributed by atoms with Crippen molar-refractivity contribution in [3.05, 3.63) is 39.7 Å². The summed E-state index contributed by atoms with van der Waals surface area (Å²) in [5, 5.41) is 21.6. The molecule has 1 aromatic heterocycles. The van der Waals surface area contributed by atoms with E-state index in [1.165, 1.54) is 32.2 Å². The lowest BCUT2D eigenvalue weighted by Crippen LogP contribution is -2.34. The van der Waals surface area contributed by atoms with E-state index >= 15 is 0 Å². The summed E-state index contributed by atoms with van der Waals surface area (Å²) in [5.74, 6) is -2.91. The Morgan fingerprint density at radius 1 is 1.26 bits per heavy atom. The van der Waals surface area contributed by atoms with Crippen molar-refractivity contribution in [1.29, 1.82) is 0 Å². The zero-order valence-electron chi connectivity index (χ0n) is 12.4. The number of amides is 1. The predicted octanol–water partition coefficient (Wildman–Crippen LogP) is 0.261. The number of hydrogen-bond donors (Lipinski definition) is 3. The lowest BCUT2D eigenvalue weighted by molar-refractivity contribution is -0.116. The molecular formula is C15H14N2O6. The molecule has 0 atom stereocenters. The molecule has 1 heterocycles. The topological polar surface area (TPSA) is 126 Å². The Bertz CT molecular complexity index is 897. The summed E-state index contributed by atoms with van der Waals surface area (Å²) in [6.45, 7) is 1.00. The molecule has 120 valence electrons. The first-order valence-electron chi connectivity index (χ1n) is 6.60. The summed E-state index contributed by atoms with van der Waals surface area (Å²) in [5.41, 5.74) is -1.17. The highest BCUT2D eigenvalue weighted by molar-refractivity contribution is 6.04. The van der Waals surface area contributed by atoms with E-state index < -0.39 is 28.7 Å². The highest BCUT2D eigenvalue weighted by atomic mass is 16.4. The molecular weight excluding hydrogens is 304 g/mol. The van der Waals surface area contributed by atoms with Gasteiger partial charge >= 0.3 is 5.97 Å². The van der Waals surface area contributed by atoms with Gasteiger partial charge in [-0.05, 0) is 25.1 Å². The monoisotopic (exact) mass is 318 g/mol. The van der Waals surface area contributed by atoms with Crippen LogP contribution in [0.2, 0.25) is 0 Å². The van der Waals surface area contributed by atoms with E-state index in [2.05, 4.69) is 5.32 Å². The van der Waals surface area contributed by atoms with Gasteiger partial charge in [0.2, 0.25) is 0 Å². The molecule has 0 spiro atoms. The molecule has 0 aliphatic rings. The van der Waals surface area contributed by atoms with Crippen LogP contribution in [0.1, 0.15) is 27.6 Å². The van der Waals surface area contributed by atoms with E-state index in [4.69, 9.17) is 5.11 Å². The van der Waals surface area contributed by atoms with Crippen molar-refractivity contribution in [2.75, 3.05) is 6.54 Å². The Hall–Kier alpha value is -3.16. The summed E-state index contributed by atoms with van der Waals surface area (Å²) in [6.07, 6.45) is 0. The van der Waals surface area contributed by atoms with Crippen LogP contribution in [0.3, 0.4) is 0 Å². The maximum Gasteiger partial charge on any atom is 0.335 e. The number of pyridine rings is 1. The molecule has 0 unspecified atom stereocenters. The number of nitrogens with zero attached hydrogens (tertiary/aromatic N) is 1. The standard InChI is InChI=1S/C15H14N2O6/c1-7(18)6-16-13(20)11-12(19)9-4-3-8(15(22)23)5-10(9)17(2)14(11)21/h3-5,19H,6H2,1-2H3,(H,16,20)(H,22,23). The molecule has 2 rings (SSSR count). The lowest BCUT2D eigenvalue weighted by Gasteiger charge is -2.12. The molecule has 0 aliphatic heterocycles. The molecule has 0 aliphatic carbocycles. The molecule has 8 nitrogen and oxygen atoms in total. The van der Waals surface area contributed by atoms with Gasteiger partial charge in [-0.3, -0.25) is 14.4 Å². The molecule has 0 saturated carbocycles. The van der Waals surface area contributed by atoms with E-state index in [9.17, 15) is 24.3 Å². The second-order valence-corrected chi connectivity index (χ2v) is 5.01. The number of aryl methyl sites for hydroxylation is 1. The molecule has 2 aromatic rings. The number of ketones is 1. The first-order valence-corrected chi connectivity index (χ1v) is 6.60. The van der Waals surface area contributed by atoms with E-state index in [1.54, 1.807) is 0 Å². The summed E-state index contributed by atoms with van der Waals surface area (Å²) in [4.78, 5) is 46.2. The van der Waals surface area contributed by atoms with E-state index in [0.717, 1.165) is 4.57 Å². The molecule has 1 aromatic carbocycles. The zero-order valence-corrected chi connectivity index (χ0v) is 12.4. The highest BCUT2D eigenvalue weighted by Gasteiger charge is 2.21. The number of Topliss-reactive ketones (excluding diaryl/α,β-unsaturated/α-hetero) is 1. The molecule has 0 bridgehead atoms. The third-order valence-corrected chi connectivity index (χ3v) is 3.34. The Balaban J connectivity index is 2.67. The summed E-state index contributed by atoms with van der Waals surface area (Å²) in [7, 11) is 1.36. The van der Waals surface area contributed by atoms with Gasteiger partial charge in [0, 0.05) is 12.4 Å². The maximum atomic E-state index is 12.3. The Labute approximate surface area is 130 Å². The van der Waals surface area contributed by atoms with Crippen molar-refractivity contribution >= 4 is 28.6 Å². The van der Waals surface area contributed by atoms with Gasteiger partial charge in [-0.1, -0.05) is 0 Å². The fourth-order valence-corrected chi connectivity index (χ4v) is 2.15. The largest absolute Gasteiger partial charge is 0.506 e. The number of aromatic nitrogens is 1. The third-order valence-electron chi connectivity index (χ3n) is 3.34. The van der Waals surface area contributed by atoms with Crippen molar-refractivity contribution in [2.24, 2.45) is 7.05 Å².